The second-order valence-corrected chi connectivity index (χ2v) is 4.99. The van der Waals surface area contributed by atoms with Crippen molar-refractivity contribution in [1.82, 2.24) is 9.88 Å². The highest BCUT2D eigenvalue weighted by molar-refractivity contribution is 7.80. The standard InChI is InChI=1S/C14H21N3O2S/c1-17(9-5-13(15)20)14(18)7-11-19-10-6-12-4-2-3-8-16-12/h2-4,8H,5-7,9-11H2,1H3,(H2,15,20). The van der Waals surface area contributed by atoms with E-state index in [2.05, 4.69) is 4.98 Å². The van der Waals surface area contributed by atoms with Crippen molar-refractivity contribution < 1.29 is 9.53 Å². The summed E-state index contributed by atoms with van der Waals surface area (Å²) in [5, 5.41) is 0. The number of thiocarbonyl (C=S) groups is 1. The molecule has 0 saturated heterocycles. The maximum atomic E-state index is 11.7. The van der Waals surface area contributed by atoms with Crippen LogP contribution in [-0.2, 0) is 16.0 Å². The van der Waals surface area contributed by atoms with Crippen LogP contribution in [0.1, 0.15) is 18.5 Å². The summed E-state index contributed by atoms with van der Waals surface area (Å²) in [7, 11) is 1.74. The molecule has 0 aliphatic heterocycles. The molecule has 0 aromatic carbocycles. The minimum atomic E-state index is 0.0408. The number of ether oxygens (including phenoxy) is 1. The van der Waals surface area contributed by atoms with Crippen molar-refractivity contribution in [3.63, 3.8) is 0 Å². The van der Waals surface area contributed by atoms with Gasteiger partial charge in [0.05, 0.1) is 24.6 Å². The Kier molecular flexibility index (Phi) is 7.75. The van der Waals surface area contributed by atoms with E-state index >= 15 is 0 Å². The van der Waals surface area contributed by atoms with Gasteiger partial charge in [0.2, 0.25) is 5.91 Å². The number of hydrogen-bond donors (Lipinski definition) is 1. The molecule has 0 radical (unpaired) electrons. The van der Waals surface area contributed by atoms with Gasteiger partial charge in [0.25, 0.3) is 0 Å². The van der Waals surface area contributed by atoms with Crippen LogP contribution in [0.3, 0.4) is 0 Å². The summed E-state index contributed by atoms with van der Waals surface area (Å²) < 4.78 is 5.45. The molecule has 0 bridgehead atoms. The molecular formula is C14H21N3O2S. The lowest BCUT2D eigenvalue weighted by Crippen LogP contribution is -2.30. The molecule has 6 heteroatoms. The third-order valence-electron chi connectivity index (χ3n) is 2.81. The van der Waals surface area contributed by atoms with E-state index < -0.39 is 0 Å². The first-order chi connectivity index (χ1) is 9.59. The van der Waals surface area contributed by atoms with Crippen molar-refractivity contribution in [2.75, 3.05) is 26.8 Å². The fourth-order valence-corrected chi connectivity index (χ4v) is 1.67. The van der Waals surface area contributed by atoms with E-state index in [1.807, 2.05) is 18.2 Å². The first-order valence-electron chi connectivity index (χ1n) is 6.59. The zero-order chi connectivity index (χ0) is 14.8. The van der Waals surface area contributed by atoms with Crippen LogP contribution < -0.4 is 5.73 Å². The number of nitrogens with two attached hydrogens (primary N) is 1. The number of amides is 1. The molecule has 0 saturated carbocycles. The molecular weight excluding hydrogens is 274 g/mol. The molecule has 110 valence electrons. The van der Waals surface area contributed by atoms with Gasteiger partial charge in [-0.25, -0.2) is 0 Å². The molecule has 20 heavy (non-hydrogen) atoms. The van der Waals surface area contributed by atoms with Crippen molar-refractivity contribution >= 4 is 23.1 Å². The van der Waals surface area contributed by atoms with Crippen molar-refractivity contribution in [2.45, 2.75) is 19.3 Å². The fourth-order valence-electron chi connectivity index (χ4n) is 1.58. The average Bonchev–Trinajstić information content (AvgIpc) is 2.45. The SMILES string of the molecule is CN(CCC(N)=S)C(=O)CCOCCc1ccccn1. The topological polar surface area (TPSA) is 68.5 Å². The van der Waals surface area contributed by atoms with Crippen molar-refractivity contribution in [1.29, 1.82) is 0 Å². The minimum Gasteiger partial charge on any atom is -0.393 e. The molecule has 5 nitrogen and oxygen atoms in total. The molecule has 1 aromatic heterocycles. The van der Waals surface area contributed by atoms with Crippen LogP contribution in [0.25, 0.3) is 0 Å². The van der Waals surface area contributed by atoms with Crippen LogP contribution in [0.5, 0.6) is 0 Å². The molecule has 1 heterocycles. The third kappa shape index (κ3) is 7.16. The summed E-state index contributed by atoms with van der Waals surface area (Å²) in [6.45, 7) is 1.55. The molecule has 1 amide bonds. The van der Waals surface area contributed by atoms with Crippen LogP contribution in [0, 0.1) is 0 Å². The Bertz CT molecular complexity index is 426. The monoisotopic (exact) mass is 295 g/mol. The summed E-state index contributed by atoms with van der Waals surface area (Å²) in [6.07, 6.45) is 3.44. The van der Waals surface area contributed by atoms with E-state index in [9.17, 15) is 4.79 Å². The predicted molar refractivity (Wildman–Crippen MR) is 82.4 cm³/mol. The fraction of sp³-hybridized carbons (Fsp3) is 0.500. The second-order valence-electron chi connectivity index (χ2n) is 4.47. The molecule has 0 aliphatic rings. The van der Waals surface area contributed by atoms with Crippen LogP contribution in [0.2, 0.25) is 0 Å². The van der Waals surface area contributed by atoms with E-state index in [4.69, 9.17) is 22.7 Å². The zero-order valence-corrected chi connectivity index (χ0v) is 12.6. The molecule has 0 atom stereocenters. The van der Waals surface area contributed by atoms with Crippen molar-refractivity contribution in [2.24, 2.45) is 5.73 Å². The number of nitrogens with zero attached hydrogens (tertiary/aromatic N) is 2. The first kappa shape index (κ1) is 16.5. The van der Waals surface area contributed by atoms with Crippen LogP contribution in [-0.4, -0.2) is 47.6 Å². The highest BCUT2D eigenvalue weighted by Crippen LogP contribution is 1.97. The summed E-state index contributed by atoms with van der Waals surface area (Å²) in [5.41, 5.74) is 6.39. The lowest BCUT2D eigenvalue weighted by atomic mass is 10.3. The Balaban J connectivity index is 2.08. The third-order valence-corrected chi connectivity index (χ3v) is 3.01. The van der Waals surface area contributed by atoms with Gasteiger partial charge in [0, 0.05) is 38.3 Å². The first-order valence-corrected chi connectivity index (χ1v) is 7.00. The molecule has 0 fully saturated rings. The number of hydrogen-bond acceptors (Lipinski definition) is 4. The van der Waals surface area contributed by atoms with Gasteiger partial charge in [-0.2, -0.15) is 0 Å². The number of pyridine rings is 1. The van der Waals surface area contributed by atoms with Gasteiger partial charge >= 0.3 is 0 Å². The molecule has 2 N–H and O–H groups in total. The summed E-state index contributed by atoms with van der Waals surface area (Å²) in [6, 6.07) is 5.78. The Morgan fingerprint density at radius 1 is 1.40 bits per heavy atom. The molecule has 1 aromatic rings. The van der Waals surface area contributed by atoms with E-state index in [1.54, 1.807) is 18.1 Å². The lowest BCUT2D eigenvalue weighted by Gasteiger charge is -2.16. The molecule has 1 rings (SSSR count). The van der Waals surface area contributed by atoms with Gasteiger partial charge in [-0.15, -0.1) is 0 Å². The van der Waals surface area contributed by atoms with Gasteiger partial charge < -0.3 is 15.4 Å². The van der Waals surface area contributed by atoms with Crippen LogP contribution in [0.4, 0.5) is 0 Å². The van der Waals surface area contributed by atoms with Crippen LogP contribution in [0.15, 0.2) is 24.4 Å². The minimum absolute atomic E-state index is 0.0408. The van der Waals surface area contributed by atoms with Crippen LogP contribution >= 0.6 is 12.2 Å². The quantitative estimate of drug-likeness (QED) is 0.547. The Hall–Kier alpha value is -1.53. The Morgan fingerprint density at radius 3 is 2.85 bits per heavy atom. The summed E-state index contributed by atoms with van der Waals surface area (Å²) in [5.74, 6) is 0.0408. The Labute approximate surface area is 125 Å². The summed E-state index contributed by atoms with van der Waals surface area (Å²) >= 11 is 4.78. The highest BCUT2D eigenvalue weighted by atomic mass is 32.1. The molecule has 0 aliphatic carbocycles. The number of rotatable bonds is 9. The normalized spacial score (nSPS) is 10.2. The zero-order valence-electron chi connectivity index (χ0n) is 11.7. The number of carbonyl (C=O) groups is 1. The van der Waals surface area contributed by atoms with Gasteiger partial charge in [-0.3, -0.25) is 9.78 Å². The van der Waals surface area contributed by atoms with E-state index in [1.165, 1.54) is 0 Å². The maximum Gasteiger partial charge on any atom is 0.224 e. The largest absolute Gasteiger partial charge is 0.393 e. The van der Waals surface area contributed by atoms with E-state index in [0.717, 1.165) is 12.1 Å². The highest BCUT2D eigenvalue weighted by Gasteiger charge is 2.08. The van der Waals surface area contributed by atoms with Crippen molar-refractivity contribution in [3.05, 3.63) is 30.1 Å². The van der Waals surface area contributed by atoms with Gasteiger partial charge in [0.1, 0.15) is 0 Å². The smallest absolute Gasteiger partial charge is 0.224 e. The molecule has 0 unspecified atom stereocenters. The Morgan fingerprint density at radius 2 is 2.20 bits per heavy atom. The predicted octanol–water partition coefficient (Wildman–Crippen LogP) is 1.17. The number of carbonyl (C=O) groups excluding carboxylic acids is 1. The second kappa shape index (κ2) is 9.39. The summed E-state index contributed by atoms with van der Waals surface area (Å²) in [4.78, 5) is 18.0. The average molecular weight is 295 g/mol. The van der Waals surface area contributed by atoms with Gasteiger partial charge in [-0.1, -0.05) is 18.3 Å². The van der Waals surface area contributed by atoms with Crippen molar-refractivity contribution in [3.8, 4) is 0 Å². The van der Waals surface area contributed by atoms with Gasteiger partial charge in [-0.05, 0) is 12.1 Å². The van der Waals surface area contributed by atoms with Gasteiger partial charge in [0.15, 0.2) is 0 Å². The van der Waals surface area contributed by atoms with E-state index in [-0.39, 0.29) is 5.91 Å². The van der Waals surface area contributed by atoms with E-state index in [0.29, 0.717) is 37.6 Å². The lowest BCUT2D eigenvalue weighted by molar-refractivity contribution is -0.130. The maximum absolute atomic E-state index is 11.7. The molecule has 0 spiro atoms. The number of aromatic nitrogens is 1.